The van der Waals surface area contributed by atoms with Gasteiger partial charge in [0.25, 0.3) is 0 Å². The van der Waals surface area contributed by atoms with Crippen molar-refractivity contribution < 1.29 is 40.2 Å². The van der Waals surface area contributed by atoms with Gasteiger partial charge in [0.1, 0.15) is 40.3 Å². The summed E-state index contributed by atoms with van der Waals surface area (Å²) in [5.41, 5.74) is 8.01. The van der Waals surface area contributed by atoms with Crippen molar-refractivity contribution in [2.45, 2.75) is 77.0 Å². The molecule has 0 saturated carbocycles. The molecule has 0 unspecified atom stereocenters. The monoisotopic (exact) mass is 1130 g/mol. The highest BCUT2D eigenvalue weighted by Crippen LogP contribution is 2.39. The van der Waals surface area contributed by atoms with E-state index in [9.17, 15) is 30.0 Å². The molecule has 0 spiro atoms. The van der Waals surface area contributed by atoms with Gasteiger partial charge in [-0.05, 0) is 135 Å². The molecule has 0 amide bonds. The number of aliphatic hydroxyl groups excluding tert-OH is 2. The number of aliphatic hydroxyl groups is 2. The number of pyridine rings is 2. The lowest BCUT2D eigenvalue weighted by Crippen LogP contribution is -2.39. The zero-order valence-electron chi connectivity index (χ0n) is 43.4. The molecule has 410 valence electrons. The van der Waals surface area contributed by atoms with Gasteiger partial charge in [-0.25, -0.2) is 54.2 Å². The Labute approximate surface area is 455 Å². The highest BCUT2D eigenvalue weighted by Gasteiger charge is 2.31. The summed E-state index contributed by atoms with van der Waals surface area (Å²) in [6.07, 6.45) is 8.99. The van der Waals surface area contributed by atoms with Crippen molar-refractivity contribution in [1.29, 1.82) is 0 Å². The van der Waals surface area contributed by atoms with E-state index in [4.69, 9.17) is 25.2 Å². The lowest BCUT2D eigenvalue weighted by atomic mass is 9.91. The lowest BCUT2D eigenvalue weighted by molar-refractivity contribution is 0.290. The van der Waals surface area contributed by atoms with E-state index < -0.39 is 31.0 Å². The Balaban J connectivity index is 0.000000188. The van der Waals surface area contributed by atoms with Gasteiger partial charge in [-0.3, -0.25) is 8.80 Å². The summed E-state index contributed by atoms with van der Waals surface area (Å²) in [5.74, 6) is 1.46. The van der Waals surface area contributed by atoms with Crippen molar-refractivity contribution in [1.82, 2.24) is 37.3 Å². The number of hydrogen-bond acceptors (Lipinski definition) is 14. The fourth-order valence-corrected chi connectivity index (χ4v) is 14.7. The number of rotatable bonds is 18. The Kier molecular flexibility index (Phi) is 17.5. The van der Waals surface area contributed by atoms with E-state index in [1.54, 1.807) is 16.4 Å². The van der Waals surface area contributed by atoms with Crippen molar-refractivity contribution in [3.63, 3.8) is 0 Å². The SMILES string of the molecule is CCc1nc2ccc(C3CCN(S(=O)(=O)CCCO)CC3)cn2c1N(C)c1nc(-c2ccc(F)cc2)c(F)s1.CCc1nc2ccc(C3CCN(S(=O)(=O)CCCO)CC3)cn2c1N(C)c1nc(-c2ccc(F)cc2)cs1. The van der Waals surface area contributed by atoms with Crippen molar-refractivity contribution in [3.05, 3.63) is 130 Å². The number of benzene rings is 2. The second-order valence-corrected chi connectivity index (χ2v) is 25.2. The highest BCUT2D eigenvalue weighted by atomic mass is 32.2. The zero-order chi connectivity index (χ0) is 54.6. The number of aromatic nitrogens is 6. The minimum Gasteiger partial charge on any atom is -0.396 e. The summed E-state index contributed by atoms with van der Waals surface area (Å²) >= 11 is 2.45. The van der Waals surface area contributed by atoms with Gasteiger partial charge in [0.15, 0.2) is 10.3 Å². The number of imidazole rings is 2. The summed E-state index contributed by atoms with van der Waals surface area (Å²) < 4.78 is 99.0. The third kappa shape index (κ3) is 12.3. The average Bonchev–Trinajstić information content (AvgIpc) is 4.31. The van der Waals surface area contributed by atoms with Crippen LogP contribution < -0.4 is 9.80 Å². The Morgan fingerprint density at radius 3 is 1.48 bits per heavy atom. The first-order valence-corrected chi connectivity index (χ1v) is 30.7. The van der Waals surface area contributed by atoms with Gasteiger partial charge >= 0.3 is 0 Å². The summed E-state index contributed by atoms with van der Waals surface area (Å²) in [5, 5.41) is 20.8. The molecular weight excluding hydrogens is 1070 g/mol. The van der Waals surface area contributed by atoms with E-state index in [0.29, 0.717) is 56.1 Å². The molecule has 77 heavy (non-hydrogen) atoms. The third-order valence-corrected chi connectivity index (χ3v) is 20.1. The van der Waals surface area contributed by atoms with Crippen LogP contribution in [-0.4, -0.2) is 129 Å². The summed E-state index contributed by atoms with van der Waals surface area (Å²) in [4.78, 5) is 22.9. The maximum Gasteiger partial charge on any atom is 0.214 e. The van der Waals surface area contributed by atoms with E-state index in [1.165, 1.54) is 52.0 Å². The molecule has 2 saturated heterocycles. The van der Waals surface area contributed by atoms with Gasteiger partial charge in [0.2, 0.25) is 25.2 Å². The number of fused-ring (bicyclic) bond motifs is 2. The molecule has 0 bridgehead atoms. The second-order valence-electron chi connectivity index (χ2n) is 19.3. The van der Waals surface area contributed by atoms with Gasteiger partial charge in [0.05, 0.1) is 28.6 Å². The molecule has 2 aliphatic rings. The van der Waals surface area contributed by atoms with E-state index >= 15 is 0 Å². The number of thiazole rings is 2. The number of anilines is 4. The number of halogens is 3. The smallest absolute Gasteiger partial charge is 0.214 e. The number of hydrogen-bond donors (Lipinski definition) is 2. The van der Waals surface area contributed by atoms with Gasteiger partial charge < -0.3 is 20.0 Å². The lowest BCUT2D eigenvalue weighted by Gasteiger charge is -2.31. The molecule has 0 atom stereocenters. The normalized spacial score (nSPS) is 15.3. The molecule has 6 aromatic heterocycles. The van der Waals surface area contributed by atoms with Crippen molar-refractivity contribution >= 4 is 75.9 Å². The minimum absolute atomic E-state index is 0.00964. The minimum atomic E-state index is -3.36. The number of sulfonamides is 2. The van der Waals surface area contributed by atoms with Crippen molar-refractivity contribution in [2.75, 3.05) is 74.8 Å². The number of aryl methyl sites for hydroxylation is 2. The van der Waals surface area contributed by atoms with Crippen LogP contribution in [0.5, 0.6) is 0 Å². The van der Waals surface area contributed by atoms with Crippen LogP contribution in [0.1, 0.15) is 86.7 Å². The van der Waals surface area contributed by atoms with Crippen LogP contribution in [0.3, 0.4) is 0 Å². The fourth-order valence-electron chi connectivity index (χ4n) is 10.1. The topological polar surface area (TPSA) is 182 Å². The third-order valence-electron chi connectivity index (χ3n) is 14.3. The Morgan fingerprint density at radius 1 is 0.597 bits per heavy atom. The molecule has 2 N–H and O–H groups in total. The van der Waals surface area contributed by atoms with Crippen LogP contribution >= 0.6 is 22.7 Å². The van der Waals surface area contributed by atoms with Crippen LogP contribution in [0.2, 0.25) is 0 Å². The average molecular weight is 1130 g/mol. The summed E-state index contributed by atoms with van der Waals surface area (Å²) in [7, 11) is -2.87. The molecule has 2 fully saturated rings. The van der Waals surface area contributed by atoms with Gasteiger partial charge in [0, 0.05) is 82.4 Å². The van der Waals surface area contributed by atoms with Crippen molar-refractivity contribution in [2.24, 2.45) is 0 Å². The van der Waals surface area contributed by atoms with E-state index in [2.05, 4.69) is 33.5 Å². The van der Waals surface area contributed by atoms with Gasteiger partial charge in [-0.1, -0.05) is 37.3 Å². The predicted octanol–water partition coefficient (Wildman–Crippen LogP) is 9.78. The van der Waals surface area contributed by atoms with Crippen LogP contribution in [0.4, 0.5) is 35.1 Å². The van der Waals surface area contributed by atoms with Crippen LogP contribution in [0, 0.1) is 16.8 Å². The maximum absolute atomic E-state index is 14.9. The van der Waals surface area contributed by atoms with Gasteiger partial charge in [-0.15, -0.1) is 11.3 Å². The molecule has 16 nitrogen and oxygen atoms in total. The predicted molar refractivity (Wildman–Crippen MR) is 298 cm³/mol. The molecule has 2 aromatic carbocycles. The standard InChI is InChI=1S/C27H31F2N5O3S2.C27H32FN5O3S2/c1-3-22-26(32(2)27-31-24(25(29)38-27)19-5-8-21(28)9-6-19)34-17-20(7-10-23(34)30-22)18-11-13-33(14-12-18)39(36,37)16-4-15-35;1-3-23-26(31(2)27-30-24(18-37-27)20-5-8-22(28)9-6-20)33-17-21(7-10-25(33)29-23)19-11-13-32(14-12-19)38(35,36)16-4-15-34/h5-10,17-18,35H,3-4,11-16H2,1-2H3;5-10,17-19,34H,3-4,11-16H2,1-2H3. The first-order valence-electron chi connectivity index (χ1n) is 25.8. The molecule has 8 heterocycles. The molecular formula is C54H63F3N10O6S4. The molecule has 10 rings (SSSR count). The molecule has 2 aliphatic heterocycles. The Hall–Kier alpha value is -5.79. The molecule has 0 radical (unpaired) electrons. The molecule has 0 aliphatic carbocycles. The highest BCUT2D eigenvalue weighted by molar-refractivity contribution is 7.89. The molecule has 23 heteroatoms. The Morgan fingerprint density at radius 2 is 1.04 bits per heavy atom. The van der Waals surface area contributed by atoms with E-state index in [0.717, 1.165) is 92.4 Å². The van der Waals surface area contributed by atoms with Gasteiger partial charge in [-0.2, -0.15) is 4.39 Å². The maximum atomic E-state index is 14.9. The van der Waals surface area contributed by atoms with E-state index in [-0.39, 0.29) is 60.9 Å². The Bertz CT molecular complexity index is 3540. The second kappa shape index (κ2) is 24.1. The zero-order valence-corrected chi connectivity index (χ0v) is 46.7. The van der Waals surface area contributed by atoms with Crippen LogP contribution in [0.15, 0.2) is 90.6 Å². The number of piperidine rings is 2. The van der Waals surface area contributed by atoms with E-state index in [1.807, 2.05) is 60.1 Å². The van der Waals surface area contributed by atoms with Crippen LogP contribution in [-0.2, 0) is 32.9 Å². The first kappa shape index (κ1) is 55.9. The first-order chi connectivity index (χ1) is 37.0. The fraction of sp³-hybridized carbons (Fsp3) is 0.407. The summed E-state index contributed by atoms with van der Waals surface area (Å²) in [6, 6.07) is 20.1. The molecule has 8 aromatic rings. The summed E-state index contributed by atoms with van der Waals surface area (Å²) in [6.45, 7) is 5.69. The van der Waals surface area contributed by atoms with Crippen molar-refractivity contribution in [3.8, 4) is 22.5 Å². The number of nitrogens with zero attached hydrogens (tertiary/aromatic N) is 10. The largest absolute Gasteiger partial charge is 0.396 e. The van der Waals surface area contributed by atoms with Crippen LogP contribution in [0.25, 0.3) is 33.8 Å². The quantitative estimate of drug-likeness (QED) is 0.0831.